The summed E-state index contributed by atoms with van der Waals surface area (Å²) in [5, 5.41) is 7.66. The molecule has 0 aromatic heterocycles. The minimum Gasteiger partial charge on any atom is -0.476 e. The van der Waals surface area contributed by atoms with Crippen LogP contribution in [0.4, 0.5) is 0 Å². The van der Waals surface area contributed by atoms with E-state index in [1.165, 1.54) is 6.92 Å². The van der Waals surface area contributed by atoms with Gasteiger partial charge in [0.1, 0.15) is 5.78 Å². The number of ketones is 2. The number of carboxylic acid groups (broad SMARTS) is 1. The van der Waals surface area contributed by atoms with Crippen molar-refractivity contribution in [1.82, 2.24) is 0 Å². The molecule has 14 heavy (non-hydrogen) atoms. The van der Waals surface area contributed by atoms with E-state index in [1.807, 2.05) is 0 Å². The molecule has 1 atom stereocenters. The number of hydrogen-bond acceptors (Lipinski definition) is 4. The normalized spacial score (nSPS) is 11.9. The summed E-state index contributed by atoms with van der Waals surface area (Å²) in [7, 11) is 0. The molecule has 0 aromatic carbocycles. The highest BCUT2D eigenvalue weighted by Gasteiger charge is 2.21. The van der Waals surface area contributed by atoms with E-state index < -0.39 is 28.6 Å². The zero-order chi connectivity index (χ0) is 11.3. The summed E-state index contributed by atoms with van der Waals surface area (Å²) in [4.78, 5) is 42.3. The number of hydrogen-bond donors (Lipinski definition) is 2. The number of carbonyl (C=O) groups is 4. The predicted octanol–water partition coefficient (Wildman–Crippen LogP) is 0.0819. The van der Waals surface area contributed by atoms with Crippen LogP contribution in [0, 0.1) is 5.92 Å². The molecule has 0 fully saturated rings. The average Bonchev–Trinajstić information content (AvgIpc) is 2.02. The van der Waals surface area contributed by atoms with Crippen LogP contribution in [-0.4, -0.2) is 27.8 Å². The Morgan fingerprint density at radius 2 is 1.79 bits per heavy atom. The second-order valence-electron chi connectivity index (χ2n) is 2.87. The van der Waals surface area contributed by atoms with Gasteiger partial charge in [-0.15, -0.1) is 12.6 Å². The molecular formula is C8H10O5S. The minimum atomic E-state index is -1.57. The van der Waals surface area contributed by atoms with Crippen LogP contribution in [0.2, 0.25) is 0 Å². The molecular weight excluding hydrogens is 208 g/mol. The Balaban J connectivity index is 4.14. The van der Waals surface area contributed by atoms with Crippen LogP contribution in [0.25, 0.3) is 0 Å². The van der Waals surface area contributed by atoms with Gasteiger partial charge in [-0.1, -0.05) is 6.92 Å². The van der Waals surface area contributed by atoms with Crippen LogP contribution < -0.4 is 0 Å². The molecule has 0 heterocycles. The summed E-state index contributed by atoms with van der Waals surface area (Å²) in [6.07, 6.45) is -0.758. The van der Waals surface area contributed by atoms with Crippen molar-refractivity contribution < 1.29 is 24.3 Å². The lowest BCUT2D eigenvalue weighted by atomic mass is 9.98. The maximum atomic E-state index is 11.1. The topological polar surface area (TPSA) is 88.5 Å². The van der Waals surface area contributed by atoms with E-state index >= 15 is 0 Å². The largest absolute Gasteiger partial charge is 0.476 e. The molecule has 0 unspecified atom stereocenters. The van der Waals surface area contributed by atoms with Crippen molar-refractivity contribution in [2.45, 2.75) is 19.8 Å². The molecule has 0 saturated carbocycles. The first-order chi connectivity index (χ1) is 6.34. The third kappa shape index (κ3) is 4.76. The Kier molecular flexibility index (Phi) is 5.07. The van der Waals surface area contributed by atoms with Gasteiger partial charge in [-0.25, -0.2) is 4.79 Å². The lowest BCUT2D eigenvalue weighted by Gasteiger charge is -2.05. The van der Waals surface area contributed by atoms with Gasteiger partial charge in [-0.3, -0.25) is 14.4 Å². The second kappa shape index (κ2) is 5.54. The maximum absolute atomic E-state index is 11.1. The average molecular weight is 218 g/mol. The molecule has 0 aliphatic heterocycles. The van der Waals surface area contributed by atoms with Crippen LogP contribution in [-0.2, 0) is 19.2 Å². The van der Waals surface area contributed by atoms with Gasteiger partial charge in [0.2, 0.25) is 5.78 Å². The number of carboxylic acids is 1. The van der Waals surface area contributed by atoms with Crippen LogP contribution in [0.15, 0.2) is 0 Å². The van der Waals surface area contributed by atoms with E-state index in [0.717, 1.165) is 0 Å². The minimum absolute atomic E-state index is 0.378. The first-order valence-electron chi connectivity index (χ1n) is 3.85. The molecule has 0 rings (SSSR count). The number of carbonyl (C=O) groups excluding carboxylic acids is 3. The standard InChI is InChI=1S/C8H10O5S/c1-4(2-6(10)8(12)13)5(9)3-7(11)14/h4H,2-3H2,1H3,(H,11,14)(H,12,13)/t4-/m0/s1. The fourth-order valence-corrected chi connectivity index (χ4v) is 0.958. The highest BCUT2D eigenvalue weighted by Crippen LogP contribution is 2.08. The zero-order valence-corrected chi connectivity index (χ0v) is 8.41. The van der Waals surface area contributed by atoms with Crippen molar-refractivity contribution in [2.75, 3.05) is 0 Å². The third-order valence-electron chi connectivity index (χ3n) is 1.61. The summed E-state index contributed by atoms with van der Waals surface area (Å²) in [6.45, 7) is 1.40. The molecule has 6 heteroatoms. The molecule has 0 amide bonds. The van der Waals surface area contributed by atoms with E-state index in [9.17, 15) is 19.2 Å². The van der Waals surface area contributed by atoms with Crippen molar-refractivity contribution in [3.63, 3.8) is 0 Å². The molecule has 1 N–H and O–H groups in total. The zero-order valence-electron chi connectivity index (χ0n) is 7.52. The summed E-state index contributed by atoms with van der Waals surface area (Å²) in [5.41, 5.74) is 0. The lowest BCUT2D eigenvalue weighted by molar-refractivity contribution is -0.149. The van der Waals surface area contributed by atoms with Gasteiger partial charge in [-0.2, -0.15) is 0 Å². The van der Waals surface area contributed by atoms with Gasteiger partial charge in [0, 0.05) is 12.3 Å². The van der Waals surface area contributed by atoms with Crippen molar-refractivity contribution >= 4 is 35.3 Å². The highest BCUT2D eigenvalue weighted by molar-refractivity contribution is 7.96. The number of rotatable bonds is 6. The molecule has 0 spiro atoms. The van der Waals surface area contributed by atoms with Crippen LogP contribution in [0.1, 0.15) is 19.8 Å². The van der Waals surface area contributed by atoms with Crippen molar-refractivity contribution in [3.8, 4) is 0 Å². The first kappa shape index (κ1) is 12.8. The Morgan fingerprint density at radius 3 is 2.14 bits per heavy atom. The highest BCUT2D eigenvalue weighted by atomic mass is 32.1. The lowest BCUT2D eigenvalue weighted by Crippen LogP contribution is -2.21. The van der Waals surface area contributed by atoms with Gasteiger partial charge >= 0.3 is 5.97 Å². The molecule has 0 aliphatic rings. The number of Topliss-reactive ketones (excluding diaryl/α,β-unsaturated/α-hetero) is 2. The first-order valence-corrected chi connectivity index (χ1v) is 4.30. The monoisotopic (exact) mass is 218 g/mol. The van der Waals surface area contributed by atoms with E-state index in [1.54, 1.807) is 0 Å². The second-order valence-corrected chi connectivity index (χ2v) is 3.37. The molecule has 0 aromatic rings. The van der Waals surface area contributed by atoms with Crippen LogP contribution >= 0.6 is 12.6 Å². The van der Waals surface area contributed by atoms with E-state index in [0.29, 0.717) is 0 Å². The summed E-state index contributed by atoms with van der Waals surface area (Å²) < 4.78 is 0. The quantitative estimate of drug-likeness (QED) is 0.374. The fraction of sp³-hybridized carbons (Fsp3) is 0.500. The van der Waals surface area contributed by atoms with Crippen molar-refractivity contribution in [1.29, 1.82) is 0 Å². The molecule has 78 valence electrons. The van der Waals surface area contributed by atoms with E-state index in [2.05, 4.69) is 12.6 Å². The van der Waals surface area contributed by atoms with Crippen LogP contribution in [0.5, 0.6) is 0 Å². The molecule has 5 nitrogen and oxygen atoms in total. The van der Waals surface area contributed by atoms with E-state index in [4.69, 9.17) is 5.11 Å². The van der Waals surface area contributed by atoms with Gasteiger partial charge in [-0.05, 0) is 0 Å². The summed E-state index contributed by atoms with van der Waals surface area (Å²) >= 11 is 3.40. The SMILES string of the molecule is C[C@@H](CC(=O)C(=O)O)C(=O)CC(=O)S. The van der Waals surface area contributed by atoms with Crippen molar-refractivity contribution in [3.05, 3.63) is 0 Å². The Hall–Kier alpha value is -1.17. The maximum Gasteiger partial charge on any atom is 0.372 e. The van der Waals surface area contributed by atoms with Gasteiger partial charge in [0.25, 0.3) is 0 Å². The molecule has 0 bridgehead atoms. The van der Waals surface area contributed by atoms with Gasteiger partial charge in [0.05, 0.1) is 6.42 Å². The molecule has 0 aliphatic carbocycles. The van der Waals surface area contributed by atoms with Gasteiger partial charge < -0.3 is 5.11 Å². The smallest absolute Gasteiger partial charge is 0.372 e. The summed E-state index contributed by atoms with van der Waals surface area (Å²) in [6, 6.07) is 0. The molecule has 0 radical (unpaired) electrons. The Labute approximate surface area is 85.9 Å². The summed E-state index contributed by atoms with van der Waals surface area (Å²) in [5.74, 6) is -3.83. The number of aliphatic carboxylic acids is 1. The third-order valence-corrected chi connectivity index (χ3v) is 1.76. The van der Waals surface area contributed by atoms with Crippen LogP contribution in [0.3, 0.4) is 0 Å². The Bertz CT molecular complexity index is 283. The molecule has 0 saturated heterocycles. The fourth-order valence-electron chi connectivity index (χ4n) is 0.803. The number of thiol groups is 1. The Morgan fingerprint density at radius 1 is 1.29 bits per heavy atom. The van der Waals surface area contributed by atoms with Crippen molar-refractivity contribution in [2.24, 2.45) is 5.92 Å². The van der Waals surface area contributed by atoms with Gasteiger partial charge in [0.15, 0.2) is 5.12 Å². The van der Waals surface area contributed by atoms with E-state index in [-0.39, 0.29) is 12.8 Å². The predicted molar refractivity (Wildman–Crippen MR) is 50.0 cm³/mol.